The third-order valence-electron chi connectivity index (χ3n) is 3.97. The highest BCUT2D eigenvalue weighted by atomic mass is 35.5. The van der Waals surface area contributed by atoms with Crippen LogP contribution in [0, 0.1) is 5.82 Å². The van der Waals surface area contributed by atoms with Crippen LogP contribution in [0.2, 0.25) is 5.02 Å². The summed E-state index contributed by atoms with van der Waals surface area (Å²) in [5, 5.41) is 22.8. The molecule has 1 atom stereocenters. The molecule has 3 aromatic rings. The number of carboxylic acids is 1. The quantitative estimate of drug-likeness (QED) is 0.715. The Kier molecular flexibility index (Phi) is 4.67. The van der Waals surface area contributed by atoms with E-state index < -0.39 is 11.2 Å². The molecule has 0 spiro atoms. The predicted octanol–water partition coefficient (Wildman–Crippen LogP) is 3.94. The second-order valence-electron chi connectivity index (χ2n) is 5.82. The number of hydrogen-bond acceptors (Lipinski definition) is 5. The van der Waals surface area contributed by atoms with E-state index in [0.29, 0.717) is 27.3 Å². The average molecular weight is 403 g/mol. The minimum atomic E-state index is -0.930. The maximum Gasteiger partial charge on any atom is 0.304 e. The lowest BCUT2D eigenvalue weighted by Gasteiger charge is -2.22. The van der Waals surface area contributed by atoms with Crippen LogP contribution in [0.15, 0.2) is 58.8 Å². The minimum Gasteiger partial charge on any atom is -0.481 e. The standard InChI is InChI=1S/C18H12ClFN4O2S/c19-12-5-1-10(2-6-12)16-14(9-15(25)26)27-18-22-21-17(24(18)23-16)11-3-7-13(20)8-4-11/h1-8,14H,9H2,(H,25,26)/t14-/m1/s1. The lowest BCUT2D eigenvalue weighted by molar-refractivity contribution is -0.136. The maximum absolute atomic E-state index is 13.2. The molecule has 0 radical (unpaired) electrons. The molecule has 27 heavy (non-hydrogen) atoms. The minimum absolute atomic E-state index is 0.106. The van der Waals surface area contributed by atoms with Gasteiger partial charge in [-0.15, -0.1) is 10.2 Å². The highest BCUT2D eigenvalue weighted by Gasteiger charge is 2.30. The summed E-state index contributed by atoms with van der Waals surface area (Å²) in [6.45, 7) is 0. The number of halogens is 2. The van der Waals surface area contributed by atoms with Crippen LogP contribution in [0.3, 0.4) is 0 Å². The Morgan fingerprint density at radius 3 is 2.44 bits per heavy atom. The van der Waals surface area contributed by atoms with Crippen molar-refractivity contribution in [2.45, 2.75) is 16.8 Å². The van der Waals surface area contributed by atoms with Crippen molar-refractivity contribution in [1.82, 2.24) is 14.9 Å². The van der Waals surface area contributed by atoms with E-state index in [1.54, 1.807) is 41.1 Å². The summed E-state index contributed by atoms with van der Waals surface area (Å²) in [5.74, 6) is -0.822. The monoisotopic (exact) mass is 402 g/mol. The largest absolute Gasteiger partial charge is 0.481 e. The van der Waals surface area contributed by atoms with Crippen LogP contribution in [0.1, 0.15) is 12.0 Å². The number of benzene rings is 2. The van der Waals surface area contributed by atoms with E-state index in [4.69, 9.17) is 11.6 Å². The lowest BCUT2D eigenvalue weighted by Crippen LogP contribution is -2.27. The van der Waals surface area contributed by atoms with Crippen molar-refractivity contribution >= 4 is 35.0 Å². The molecule has 0 saturated heterocycles. The molecule has 1 aliphatic rings. The lowest BCUT2D eigenvalue weighted by atomic mass is 10.1. The van der Waals surface area contributed by atoms with Crippen molar-refractivity contribution in [2.24, 2.45) is 5.10 Å². The molecule has 1 aliphatic heterocycles. The number of rotatable bonds is 4. The van der Waals surface area contributed by atoms with Crippen molar-refractivity contribution in [2.75, 3.05) is 0 Å². The van der Waals surface area contributed by atoms with Crippen molar-refractivity contribution in [1.29, 1.82) is 0 Å². The summed E-state index contributed by atoms with van der Waals surface area (Å²) < 4.78 is 14.8. The molecular formula is C18H12ClFN4O2S. The Morgan fingerprint density at radius 2 is 1.78 bits per heavy atom. The Hall–Kier alpha value is -2.71. The van der Waals surface area contributed by atoms with Crippen molar-refractivity contribution < 1.29 is 14.3 Å². The van der Waals surface area contributed by atoms with Gasteiger partial charge >= 0.3 is 5.97 Å². The van der Waals surface area contributed by atoms with Gasteiger partial charge in [0.1, 0.15) is 5.82 Å². The molecule has 0 amide bonds. The van der Waals surface area contributed by atoms with Gasteiger partial charge in [0.25, 0.3) is 0 Å². The van der Waals surface area contributed by atoms with E-state index in [9.17, 15) is 14.3 Å². The zero-order chi connectivity index (χ0) is 19.0. The Balaban J connectivity index is 1.81. The molecule has 0 saturated carbocycles. The van der Waals surface area contributed by atoms with Gasteiger partial charge in [-0.1, -0.05) is 35.5 Å². The van der Waals surface area contributed by atoms with Gasteiger partial charge in [0, 0.05) is 10.6 Å². The van der Waals surface area contributed by atoms with Gasteiger partial charge in [-0.2, -0.15) is 9.78 Å². The molecule has 2 aromatic carbocycles. The molecule has 0 bridgehead atoms. The number of carboxylic acid groups (broad SMARTS) is 1. The maximum atomic E-state index is 13.2. The first kappa shape index (κ1) is 17.7. The number of nitrogens with zero attached hydrogens (tertiary/aromatic N) is 4. The molecular weight excluding hydrogens is 391 g/mol. The van der Waals surface area contributed by atoms with Crippen LogP contribution >= 0.6 is 23.4 Å². The van der Waals surface area contributed by atoms with E-state index in [1.165, 1.54) is 23.9 Å². The zero-order valence-corrected chi connectivity index (χ0v) is 15.3. The van der Waals surface area contributed by atoms with E-state index in [2.05, 4.69) is 15.3 Å². The van der Waals surface area contributed by atoms with Gasteiger partial charge in [-0.3, -0.25) is 4.79 Å². The van der Waals surface area contributed by atoms with E-state index in [0.717, 1.165) is 5.56 Å². The first-order valence-corrected chi connectivity index (χ1v) is 9.21. The van der Waals surface area contributed by atoms with Crippen LogP contribution in [0.4, 0.5) is 4.39 Å². The van der Waals surface area contributed by atoms with Gasteiger partial charge in [0.05, 0.1) is 17.4 Å². The van der Waals surface area contributed by atoms with Crippen molar-refractivity contribution in [3.8, 4) is 11.4 Å². The van der Waals surface area contributed by atoms with Crippen molar-refractivity contribution in [3.05, 3.63) is 64.9 Å². The fourth-order valence-corrected chi connectivity index (χ4v) is 3.94. The number of hydrogen-bond donors (Lipinski definition) is 1. The molecule has 0 unspecified atom stereocenters. The third-order valence-corrected chi connectivity index (χ3v) is 5.37. The first-order valence-electron chi connectivity index (χ1n) is 7.96. The highest BCUT2D eigenvalue weighted by molar-refractivity contribution is 8.00. The number of carbonyl (C=O) groups is 1. The molecule has 136 valence electrons. The zero-order valence-electron chi connectivity index (χ0n) is 13.7. The van der Waals surface area contributed by atoms with Crippen LogP contribution in [0.25, 0.3) is 11.4 Å². The second kappa shape index (κ2) is 7.13. The van der Waals surface area contributed by atoms with Crippen molar-refractivity contribution in [3.63, 3.8) is 0 Å². The molecule has 9 heteroatoms. The molecule has 4 rings (SSSR count). The first-order chi connectivity index (χ1) is 13.0. The SMILES string of the molecule is O=C(O)C[C@H]1Sc2nnc(-c3ccc(F)cc3)n2N=C1c1ccc(Cl)cc1. The average Bonchev–Trinajstić information content (AvgIpc) is 3.05. The molecule has 1 aromatic heterocycles. The number of fused-ring (bicyclic) bond motifs is 1. The summed E-state index contributed by atoms with van der Waals surface area (Å²) in [6, 6.07) is 12.9. The molecule has 0 fully saturated rings. The molecule has 0 aliphatic carbocycles. The molecule has 1 N–H and O–H groups in total. The molecule has 6 nitrogen and oxygen atoms in total. The summed E-state index contributed by atoms with van der Waals surface area (Å²) in [5.41, 5.74) is 2.02. The van der Waals surface area contributed by atoms with Crippen LogP contribution in [-0.2, 0) is 4.79 Å². The topological polar surface area (TPSA) is 80.4 Å². The fraction of sp³-hybridized carbons (Fsp3) is 0.111. The number of thioether (sulfide) groups is 1. The highest BCUT2D eigenvalue weighted by Crippen LogP contribution is 2.34. The van der Waals surface area contributed by atoms with Gasteiger partial charge in [0.15, 0.2) is 5.82 Å². The smallest absolute Gasteiger partial charge is 0.304 e. The van der Waals surface area contributed by atoms with Crippen LogP contribution in [0.5, 0.6) is 0 Å². The Morgan fingerprint density at radius 1 is 1.11 bits per heavy atom. The summed E-state index contributed by atoms with van der Waals surface area (Å²) in [7, 11) is 0. The normalized spacial score (nSPS) is 15.9. The number of aliphatic carboxylic acids is 1. The molecule has 2 heterocycles. The van der Waals surface area contributed by atoms with Crippen LogP contribution in [-0.4, -0.2) is 36.9 Å². The van der Waals surface area contributed by atoms with Gasteiger partial charge in [0.2, 0.25) is 5.16 Å². The van der Waals surface area contributed by atoms with E-state index >= 15 is 0 Å². The van der Waals surface area contributed by atoms with Gasteiger partial charge < -0.3 is 5.11 Å². The van der Waals surface area contributed by atoms with Gasteiger partial charge in [-0.25, -0.2) is 4.39 Å². The van der Waals surface area contributed by atoms with Crippen LogP contribution < -0.4 is 0 Å². The number of aromatic nitrogens is 3. The van der Waals surface area contributed by atoms with E-state index in [1.807, 2.05) is 0 Å². The fourth-order valence-electron chi connectivity index (χ4n) is 2.72. The van der Waals surface area contributed by atoms with E-state index in [-0.39, 0.29) is 12.2 Å². The summed E-state index contributed by atoms with van der Waals surface area (Å²) in [4.78, 5) is 11.3. The summed E-state index contributed by atoms with van der Waals surface area (Å²) >= 11 is 7.24. The van der Waals surface area contributed by atoms with Gasteiger partial charge in [-0.05, 0) is 42.0 Å². The Labute approximate surface area is 162 Å². The summed E-state index contributed by atoms with van der Waals surface area (Å²) in [6.07, 6.45) is -0.106. The third kappa shape index (κ3) is 3.58. The second-order valence-corrected chi connectivity index (χ2v) is 7.43. The predicted molar refractivity (Wildman–Crippen MR) is 101 cm³/mol. The Bertz CT molecular complexity index is 1030.